The Hall–Kier alpha value is -2.62. The summed E-state index contributed by atoms with van der Waals surface area (Å²) in [5, 5.41) is 5.32. The Kier molecular flexibility index (Phi) is 6.88. The number of fused-ring (bicyclic) bond motifs is 1. The number of piperidine rings is 1. The molecule has 2 heterocycles. The van der Waals surface area contributed by atoms with Crippen LogP contribution in [0.3, 0.4) is 0 Å². The van der Waals surface area contributed by atoms with Crippen LogP contribution in [0.2, 0.25) is 0 Å². The molecule has 7 nitrogen and oxygen atoms in total. The first-order valence-corrected chi connectivity index (χ1v) is 10.4. The molecule has 0 saturated carbocycles. The molecule has 0 aliphatic carbocycles. The van der Waals surface area contributed by atoms with Crippen LogP contribution in [0.1, 0.15) is 33.1 Å². The Balaban J connectivity index is 1.75. The van der Waals surface area contributed by atoms with Gasteiger partial charge in [-0.05, 0) is 51.9 Å². The van der Waals surface area contributed by atoms with Crippen LogP contribution in [0.25, 0.3) is 0 Å². The van der Waals surface area contributed by atoms with E-state index >= 15 is 0 Å². The Labute approximate surface area is 178 Å². The van der Waals surface area contributed by atoms with Gasteiger partial charge >= 0.3 is 6.18 Å². The Morgan fingerprint density at radius 1 is 1.19 bits per heavy atom. The van der Waals surface area contributed by atoms with Crippen molar-refractivity contribution in [3.8, 4) is 0 Å². The molecule has 10 heteroatoms. The van der Waals surface area contributed by atoms with Crippen molar-refractivity contribution in [2.24, 2.45) is 5.92 Å². The van der Waals surface area contributed by atoms with Gasteiger partial charge in [-0.25, -0.2) is 0 Å². The topological polar surface area (TPSA) is 81.8 Å². The summed E-state index contributed by atoms with van der Waals surface area (Å²) in [6.07, 6.45) is -4.55. The van der Waals surface area contributed by atoms with Crippen LogP contribution in [0.5, 0.6) is 0 Å². The number of nitrogens with zero attached hydrogens (tertiary/aromatic N) is 2. The molecule has 0 spiro atoms. The first-order valence-electron chi connectivity index (χ1n) is 10.4. The SMILES string of the molecule is CC(C)NC(=O)C1CCN(CC(=O)N2c3ccccc3NC(=O)CC2C(F)(F)F)CC1. The van der Waals surface area contributed by atoms with Crippen molar-refractivity contribution in [3.63, 3.8) is 0 Å². The van der Waals surface area contributed by atoms with Crippen LogP contribution < -0.4 is 15.5 Å². The van der Waals surface area contributed by atoms with Gasteiger partial charge < -0.3 is 10.6 Å². The molecule has 1 atom stereocenters. The largest absolute Gasteiger partial charge is 0.409 e. The minimum Gasteiger partial charge on any atom is -0.354 e. The highest BCUT2D eigenvalue weighted by atomic mass is 19.4. The lowest BCUT2D eigenvalue weighted by Gasteiger charge is -2.35. The second kappa shape index (κ2) is 9.25. The zero-order chi connectivity index (χ0) is 22.8. The molecule has 0 bridgehead atoms. The number of halogens is 3. The van der Waals surface area contributed by atoms with Crippen LogP contribution in [0, 0.1) is 5.92 Å². The van der Waals surface area contributed by atoms with Gasteiger partial charge in [0.1, 0.15) is 6.04 Å². The van der Waals surface area contributed by atoms with Crippen LogP contribution >= 0.6 is 0 Å². The molecule has 1 aromatic rings. The second-order valence-corrected chi connectivity index (χ2v) is 8.30. The van der Waals surface area contributed by atoms with Gasteiger partial charge in [0.25, 0.3) is 0 Å². The lowest BCUT2D eigenvalue weighted by atomic mass is 9.95. The van der Waals surface area contributed by atoms with E-state index in [9.17, 15) is 27.6 Å². The van der Waals surface area contributed by atoms with E-state index < -0.39 is 30.5 Å². The third kappa shape index (κ3) is 5.55. The first kappa shape index (κ1) is 23.1. The molecule has 1 saturated heterocycles. The summed E-state index contributed by atoms with van der Waals surface area (Å²) in [6.45, 7) is 4.41. The summed E-state index contributed by atoms with van der Waals surface area (Å²) < 4.78 is 41.4. The number of carbonyl (C=O) groups is 3. The van der Waals surface area contributed by atoms with Gasteiger partial charge in [0.15, 0.2) is 0 Å². The normalized spacial score (nSPS) is 20.8. The standard InChI is InChI=1S/C21H27F3N4O3/c1-13(2)25-20(31)14-7-9-27(10-8-14)12-19(30)28-16-6-4-3-5-15(16)26-18(29)11-17(28)21(22,23)24/h3-6,13-14,17H,7-12H2,1-2H3,(H,25,31)(H,26,29). The van der Waals surface area contributed by atoms with Crippen molar-refractivity contribution in [2.45, 2.75) is 51.4 Å². The molecular weight excluding hydrogens is 413 g/mol. The van der Waals surface area contributed by atoms with E-state index in [2.05, 4.69) is 10.6 Å². The molecule has 0 radical (unpaired) electrons. The minimum absolute atomic E-state index is 0.0332. The van der Waals surface area contributed by atoms with Crippen molar-refractivity contribution in [1.29, 1.82) is 0 Å². The maximum atomic E-state index is 13.8. The van der Waals surface area contributed by atoms with Crippen molar-refractivity contribution < 1.29 is 27.6 Å². The number of likely N-dealkylation sites (tertiary alicyclic amines) is 1. The summed E-state index contributed by atoms with van der Waals surface area (Å²) in [7, 11) is 0. The van der Waals surface area contributed by atoms with E-state index in [-0.39, 0.29) is 35.8 Å². The fourth-order valence-corrected chi connectivity index (χ4v) is 4.02. The highest BCUT2D eigenvalue weighted by Crippen LogP contribution is 2.37. The molecule has 1 aromatic carbocycles. The van der Waals surface area contributed by atoms with Crippen molar-refractivity contribution >= 4 is 29.1 Å². The molecular formula is C21H27F3N4O3. The second-order valence-electron chi connectivity index (χ2n) is 8.30. The van der Waals surface area contributed by atoms with Gasteiger partial charge in [-0.1, -0.05) is 12.1 Å². The van der Waals surface area contributed by atoms with Gasteiger partial charge in [-0.3, -0.25) is 24.2 Å². The monoisotopic (exact) mass is 440 g/mol. The Morgan fingerprint density at radius 2 is 1.84 bits per heavy atom. The predicted octanol–water partition coefficient (Wildman–Crippen LogP) is 2.53. The number of carbonyl (C=O) groups excluding carboxylic acids is 3. The number of nitrogens with one attached hydrogen (secondary N) is 2. The summed E-state index contributed by atoms with van der Waals surface area (Å²) >= 11 is 0. The Bertz CT molecular complexity index is 835. The molecule has 3 amide bonds. The number of rotatable bonds is 4. The molecule has 1 fully saturated rings. The van der Waals surface area contributed by atoms with E-state index in [0.717, 1.165) is 0 Å². The highest BCUT2D eigenvalue weighted by Gasteiger charge is 2.49. The maximum absolute atomic E-state index is 13.8. The molecule has 2 aliphatic rings. The molecule has 170 valence electrons. The zero-order valence-electron chi connectivity index (χ0n) is 17.5. The Morgan fingerprint density at radius 3 is 2.45 bits per heavy atom. The fourth-order valence-electron chi connectivity index (χ4n) is 4.02. The predicted molar refractivity (Wildman–Crippen MR) is 109 cm³/mol. The van der Waals surface area contributed by atoms with E-state index in [1.165, 1.54) is 18.2 Å². The first-order chi connectivity index (χ1) is 14.6. The molecule has 3 rings (SSSR count). The van der Waals surface area contributed by atoms with Gasteiger partial charge in [-0.15, -0.1) is 0 Å². The molecule has 2 aliphatic heterocycles. The number of para-hydroxylation sites is 2. The molecule has 31 heavy (non-hydrogen) atoms. The summed E-state index contributed by atoms with van der Waals surface area (Å²) in [5.41, 5.74) is 0.212. The van der Waals surface area contributed by atoms with Crippen molar-refractivity contribution in [2.75, 3.05) is 29.9 Å². The number of alkyl halides is 3. The summed E-state index contributed by atoms with van der Waals surface area (Å²) in [4.78, 5) is 39.7. The van der Waals surface area contributed by atoms with Crippen LogP contribution in [-0.4, -0.2) is 60.5 Å². The average molecular weight is 440 g/mol. The van der Waals surface area contributed by atoms with Crippen molar-refractivity contribution in [3.05, 3.63) is 24.3 Å². The molecule has 0 aromatic heterocycles. The number of amides is 3. The van der Waals surface area contributed by atoms with E-state index in [0.29, 0.717) is 30.8 Å². The van der Waals surface area contributed by atoms with E-state index in [4.69, 9.17) is 0 Å². The van der Waals surface area contributed by atoms with E-state index in [1.54, 1.807) is 11.0 Å². The smallest absolute Gasteiger partial charge is 0.354 e. The van der Waals surface area contributed by atoms with Crippen molar-refractivity contribution in [1.82, 2.24) is 10.2 Å². The van der Waals surface area contributed by atoms with Gasteiger partial charge in [0.05, 0.1) is 24.3 Å². The quantitative estimate of drug-likeness (QED) is 0.754. The average Bonchev–Trinajstić information content (AvgIpc) is 2.83. The van der Waals surface area contributed by atoms with E-state index in [1.807, 2.05) is 13.8 Å². The van der Waals surface area contributed by atoms with Crippen LogP contribution in [0.4, 0.5) is 24.5 Å². The molecule has 2 N–H and O–H groups in total. The van der Waals surface area contributed by atoms with Gasteiger partial charge in [0.2, 0.25) is 17.7 Å². The number of hydrogen-bond donors (Lipinski definition) is 2. The minimum atomic E-state index is -4.76. The maximum Gasteiger partial charge on any atom is 0.409 e. The van der Waals surface area contributed by atoms with Gasteiger partial charge in [0, 0.05) is 12.0 Å². The lowest BCUT2D eigenvalue weighted by molar-refractivity contribution is -0.158. The van der Waals surface area contributed by atoms with Crippen LogP contribution in [-0.2, 0) is 14.4 Å². The third-order valence-corrected chi connectivity index (χ3v) is 5.52. The number of benzene rings is 1. The highest BCUT2D eigenvalue weighted by molar-refractivity contribution is 6.05. The zero-order valence-corrected chi connectivity index (χ0v) is 17.5. The van der Waals surface area contributed by atoms with Gasteiger partial charge in [-0.2, -0.15) is 13.2 Å². The fraction of sp³-hybridized carbons (Fsp3) is 0.571. The lowest BCUT2D eigenvalue weighted by Crippen LogP contribution is -2.53. The summed E-state index contributed by atoms with van der Waals surface area (Å²) in [5.74, 6) is -1.72. The summed E-state index contributed by atoms with van der Waals surface area (Å²) in [6, 6.07) is 3.79. The third-order valence-electron chi connectivity index (χ3n) is 5.52. The number of anilines is 2. The number of hydrogen-bond acceptors (Lipinski definition) is 4. The van der Waals surface area contributed by atoms with Crippen LogP contribution in [0.15, 0.2) is 24.3 Å². The molecule has 1 unspecified atom stereocenters.